The summed E-state index contributed by atoms with van der Waals surface area (Å²) in [6.07, 6.45) is 1.82. The van der Waals surface area contributed by atoms with Crippen molar-refractivity contribution < 1.29 is 9.47 Å². The van der Waals surface area contributed by atoms with Gasteiger partial charge in [0.05, 0.1) is 37.7 Å². The quantitative estimate of drug-likeness (QED) is 0.306. The number of aromatic nitrogens is 2. The van der Waals surface area contributed by atoms with Crippen molar-refractivity contribution >= 4 is 23.0 Å². The number of methoxy groups -OCH3 is 2. The van der Waals surface area contributed by atoms with Crippen molar-refractivity contribution in [1.82, 2.24) is 14.9 Å². The van der Waals surface area contributed by atoms with Crippen LogP contribution in [0.4, 0.5) is 5.69 Å². The molecule has 2 atom stereocenters. The van der Waals surface area contributed by atoms with E-state index in [4.69, 9.17) is 26.7 Å². The summed E-state index contributed by atoms with van der Waals surface area (Å²) >= 11 is 5.96. The highest BCUT2D eigenvalue weighted by Gasteiger charge is 2.43. The predicted molar refractivity (Wildman–Crippen MR) is 152 cm³/mol. The van der Waals surface area contributed by atoms with Gasteiger partial charge in [0, 0.05) is 29.3 Å². The lowest BCUT2D eigenvalue weighted by Crippen LogP contribution is -2.30. The first kappa shape index (κ1) is 24.8. The van der Waals surface area contributed by atoms with Gasteiger partial charge in [0.15, 0.2) is 5.11 Å². The van der Waals surface area contributed by atoms with Gasteiger partial charge in [-0.15, -0.1) is 0 Å². The molecule has 0 aliphatic carbocycles. The molecule has 0 bridgehead atoms. The van der Waals surface area contributed by atoms with Gasteiger partial charge in [0.25, 0.3) is 0 Å². The molecule has 1 saturated heterocycles. The number of rotatable bonds is 6. The molecule has 2 aromatic carbocycles. The molecule has 1 aliphatic rings. The van der Waals surface area contributed by atoms with E-state index < -0.39 is 0 Å². The highest BCUT2D eigenvalue weighted by Crippen LogP contribution is 2.47. The minimum atomic E-state index is -0.159. The Bertz CT molecular complexity index is 1460. The van der Waals surface area contributed by atoms with Crippen molar-refractivity contribution in [1.29, 1.82) is 0 Å². The van der Waals surface area contributed by atoms with E-state index in [1.54, 1.807) is 14.2 Å². The minimum Gasteiger partial charge on any atom is -0.497 e. The van der Waals surface area contributed by atoms with Crippen LogP contribution < -0.4 is 19.7 Å². The zero-order valence-electron chi connectivity index (χ0n) is 22.1. The van der Waals surface area contributed by atoms with Crippen molar-refractivity contribution in [3.8, 4) is 17.2 Å². The Morgan fingerprint density at radius 2 is 1.70 bits per heavy atom. The van der Waals surface area contributed by atoms with Crippen LogP contribution in [0.3, 0.4) is 0 Å². The van der Waals surface area contributed by atoms with Crippen LogP contribution in [0.2, 0.25) is 0 Å². The average Bonchev–Trinajstić information content (AvgIpc) is 3.40. The molecule has 3 heterocycles. The summed E-state index contributed by atoms with van der Waals surface area (Å²) in [6, 6.07) is 20.3. The summed E-state index contributed by atoms with van der Waals surface area (Å²) in [5.41, 5.74) is 8.92. The van der Waals surface area contributed by atoms with Gasteiger partial charge in [0.1, 0.15) is 11.5 Å². The number of anilines is 1. The Balaban J connectivity index is 1.73. The second kappa shape index (κ2) is 9.90. The molecule has 1 fully saturated rings. The number of ether oxygens (including phenoxy) is 2. The third-order valence-electron chi connectivity index (χ3n) is 7.14. The molecule has 4 aromatic rings. The topological polar surface area (TPSA) is 51.6 Å². The largest absolute Gasteiger partial charge is 0.497 e. The number of thiocarbonyl (C=S) groups is 1. The fraction of sp³-hybridized carbons (Fsp3) is 0.267. The molecule has 0 radical (unpaired) electrons. The zero-order chi connectivity index (χ0) is 26.3. The molecule has 0 unspecified atom stereocenters. The van der Waals surface area contributed by atoms with Crippen LogP contribution in [0.25, 0.3) is 5.69 Å². The SMILES string of the molecule is COc1ccc(OC)c(N2C(=S)N[C@H](c3ccccn3)[C@H]2c2cc(C)n(-c3cc(C)ccc3C)c2C)c1. The first-order chi connectivity index (χ1) is 17.8. The summed E-state index contributed by atoms with van der Waals surface area (Å²) in [5.74, 6) is 1.46. The minimum absolute atomic E-state index is 0.155. The zero-order valence-corrected chi connectivity index (χ0v) is 22.9. The number of nitrogens with zero attached hydrogens (tertiary/aromatic N) is 3. The van der Waals surface area contributed by atoms with Crippen LogP contribution in [0.15, 0.2) is 66.9 Å². The maximum absolute atomic E-state index is 5.96. The molecule has 1 N–H and O–H groups in total. The van der Waals surface area contributed by atoms with Crippen LogP contribution in [-0.4, -0.2) is 28.9 Å². The maximum atomic E-state index is 5.96. The van der Waals surface area contributed by atoms with Crippen molar-refractivity contribution in [2.24, 2.45) is 0 Å². The van der Waals surface area contributed by atoms with E-state index in [2.05, 4.69) is 66.7 Å². The van der Waals surface area contributed by atoms with Crippen LogP contribution in [0.5, 0.6) is 11.5 Å². The van der Waals surface area contributed by atoms with Gasteiger partial charge in [-0.25, -0.2) is 0 Å². The van der Waals surface area contributed by atoms with Crippen LogP contribution in [0.1, 0.15) is 45.9 Å². The Hall–Kier alpha value is -3.84. The monoisotopic (exact) mass is 512 g/mol. The van der Waals surface area contributed by atoms with E-state index in [1.807, 2.05) is 42.6 Å². The van der Waals surface area contributed by atoms with Gasteiger partial charge in [-0.3, -0.25) is 4.98 Å². The van der Waals surface area contributed by atoms with Gasteiger partial charge >= 0.3 is 0 Å². The molecule has 5 rings (SSSR count). The van der Waals surface area contributed by atoms with Crippen molar-refractivity contribution in [3.05, 3.63) is 101 Å². The Morgan fingerprint density at radius 3 is 2.41 bits per heavy atom. The fourth-order valence-electron chi connectivity index (χ4n) is 5.33. The molecule has 37 heavy (non-hydrogen) atoms. The number of hydrogen-bond donors (Lipinski definition) is 1. The van der Waals surface area contributed by atoms with Crippen LogP contribution in [0, 0.1) is 27.7 Å². The van der Waals surface area contributed by atoms with E-state index in [0.717, 1.165) is 34.3 Å². The third kappa shape index (κ3) is 4.33. The fourth-order valence-corrected chi connectivity index (χ4v) is 5.67. The summed E-state index contributed by atoms with van der Waals surface area (Å²) in [6.45, 7) is 8.63. The highest BCUT2D eigenvalue weighted by atomic mass is 32.1. The Kier molecular flexibility index (Phi) is 6.65. The van der Waals surface area contributed by atoms with E-state index in [1.165, 1.54) is 22.4 Å². The lowest BCUT2D eigenvalue weighted by atomic mass is 9.96. The van der Waals surface area contributed by atoms with Crippen molar-refractivity contribution in [2.75, 3.05) is 19.1 Å². The molecular formula is C30H32N4O2S. The van der Waals surface area contributed by atoms with Gasteiger partial charge in [-0.2, -0.15) is 0 Å². The third-order valence-corrected chi connectivity index (χ3v) is 7.45. The first-order valence-corrected chi connectivity index (χ1v) is 12.7. The normalized spacial score (nSPS) is 17.1. The second-order valence-electron chi connectivity index (χ2n) is 9.49. The molecule has 190 valence electrons. The molecule has 0 amide bonds. The van der Waals surface area contributed by atoms with Gasteiger partial charge in [0.2, 0.25) is 0 Å². The van der Waals surface area contributed by atoms with Gasteiger partial charge in [-0.05, 0) is 93.0 Å². The first-order valence-electron chi connectivity index (χ1n) is 12.3. The lowest BCUT2D eigenvalue weighted by molar-refractivity contribution is 0.403. The van der Waals surface area contributed by atoms with Crippen LogP contribution >= 0.6 is 12.2 Å². The number of benzene rings is 2. The number of hydrogen-bond acceptors (Lipinski definition) is 4. The molecule has 0 saturated carbocycles. The number of nitrogens with one attached hydrogen (secondary N) is 1. The molecular weight excluding hydrogens is 480 g/mol. The molecule has 2 aromatic heterocycles. The number of aryl methyl sites for hydroxylation is 3. The summed E-state index contributed by atoms with van der Waals surface area (Å²) in [7, 11) is 3.34. The van der Waals surface area contributed by atoms with E-state index >= 15 is 0 Å². The van der Waals surface area contributed by atoms with E-state index in [9.17, 15) is 0 Å². The molecule has 7 heteroatoms. The predicted octanol–water partition coefficient (Wildman–Crippen LogP) is 6.30. The summed E-state index contributed by atoms with van der Waals surface area (Å²) in [4.78, 5) is 6.85. The molecule has 1 aliphatic heterocycles. The summed E-state index contributed by atoms with van der Waals surface area (Å²) in [5, 5.41) is 4.18. The van der Waals surface area contributed by atoms with Gasteiger partial charge < -0.3 is 24.3 Å². The number of pyridine rings is 1. The lowest BCUT2D eigenvalue weighted by Gasteiger charge is -2.29. The van der Waals surface area contributed by atoms with Crippen molar-refractivity contribution in [2.45, 2.75) is 39.8 Å². The highest BCUT2D eigenvalue weighted by molar-refractivity contribution is 7.80. The van der Waals surface area contributed by atoms with Crippen LogP contribution in [-0.2, 0) is 0 Å². The maximum Gasteiger partial charge on any atom is 0.174 e. The average molecular weight is 513 g/mol. The standard InChI is InChI=1S/C30H32N4O2S/c1-18-10-11-19(2)25(15-18)33-20(3)16-23(21(33)4)29-28(24-9-7-8-14-31-24)32-30(37)34(29)26-17-22(35-5)12-13-27(26)36-6/h7-17,28-29H,1-6H3,(H,32,37)/t28-,29-/m1/s1. The van der Waals surface area contributed by atoms with Crippen molar-refractivity contribution in [3.63, 3.8) is 0 Å². The molecule has 6 nitrogen and oxygen atoms in total. The summed E-state index contributed by atoms with van der Waals surface area (Å²) < 4.78 is 13.7. The van der Waals surface area contributed by atoms with E-state index in [-0.39, 0.29) is 12.1 Å². The Labute approximate surface area is 223 Å². The second-order valence-corrected chi connectivity index (χ2v) is 9.87. The molecule has 0 spiro atoms. The smallest absolute Gasteiger partial charge is 0.174 e. The van der Waals surface area contributed by atoms with E-state index in [0.29, 0.717) is 5.11 Å². The Morgan fingerprint density at radius 1 is 0.892 bits per heavy atom. The van der Waals surface area contributed by atoms with Gasteiger partial charge in [-0.1, -0.05) is 18.2 Å².